The standard InChI is InChI=1S/C7H9FS/c1-2-4-7(9)5-3-6-8/h2-5,9H,1,6H2/b5-3-,7-4+. The molecule has 0 aliphatic rings. The highest BCUT2D eigenvalue weighted by Gasteiger charge is 1.76. The number of hydrogen-bond donors (Lipinski definition) is 1. The topological polar surface area (TPSA) is 0 Å². The lowest BCUT2D eigenvalue weighted by Gasteiger charge is -1.83. The van der Waals surface area contributed by atoms with Gasteiger partial charge in [0.25, 0.3) is 0 Å². The Balaban J connectivity index is 3.74. The van der Waals surface area contributed by atoms with Crippen molar-refractivity contribution < 1.29 is 4.39 Å². The third-order valence-corrected chi connectivity index (χ3v) is 0.964. The lowest BCUT2D eigenvalue weighted by atomic mass is 10.4. The van der Waals surface area contributed by atoms with Crippen molar-refractivity contribution in [3.63, 3.8) is 0 Å². The van der Waals surface area contributed by atoms with Gasteiger partial charge in [0.2, 0.25) is 0 Å². The van der Waals surface area contributed by atoms with E-state index in [9.17, 15) is 4.39 Å². The minimum absolute atomic E-state index is 0.449. The molecule has 0 saturated heterocycles. The van der Waals surface area contributed by atoms with Crippen LogP contribution in [-0.4, -0.2) is 6.67 Å². The first-order valence-electron chi connectivity index (χ1n) is 2.55. The van der Waals surface area contributed by atoms with E-state index < -0.39 is 6.67 Å². The molecular formula is C7H9FS. The van der Waals surface area contributed by atoms with Gasteiger partial charge in [-0.15, -0.1) is 12.6 Å². The minimum atomic E-state index is -0.449. The van der Waals surface area contributed by atoms with E-state index in [0.29, 0.717) is 4.91 Å². The SMILES string of the molecule is C=C/C=C(S)\C=C/CF. The molecule has 0 unspecified atom stereocenters. The second-order valence-corrected chi connectivity index (χ2v) is 1.90. The van der Waals surface area contributed by atoms with Gasteiger partial charge in [-0.25, -0.2) is 4.39 Å². The number of allylic oxidation sites excluding steroid dienone is 4. The lowest BCUT2D eigenvalue weighted by Crippen LogP contribution is -1.63. The number of rotatable bonds is 3. The number of halogens is 1. The third kappa shape index (κ3) is 5.37. The second-order valence-electron chi connectivity index (χ2n) is 1.38. The molecule has 0 amide bonds. The number of hydrogen-bond acceptors (Lipinski definition) is 1. The van der Waals surface area contributed by atoms with E-state index in [0.717, 1.165) is 0 Å². The van der Waals surface area contributed by atoms with E-state index in [2.05, 4.69) is 19.2 Å². The summed E-state index contributed by atoms with van der Waals surface area (Å²) in [6.45, 7) is 3.01. The van der Waals surface area contributed by atoms with E-state index >= 15 is 0 Å². The quantitative estimate of drug-likeness (QED) is 0.456. The van der Waals surface area contributed by atoms with Crippen LogP contribution < -0.4 is 0 Å². The molecule has 2 heteroatoms. The number of alkyl halides is 1. The molecule has 0 bridgehead atoms. The highest BCUT2D eigenvalue weighted by molar-refractivity contribution is 7.84. The van der Waals surface area contributed by atoms with Gasteiger partial charge in [0.15, 0.2) is 0 Å². The van der Waals surface area contributed by atoms with Crippen LogP contribution in [-0.2, 0) is 0 Å². The summed E-state index contributed by atoms with van der Waals surface area (Å²) in [6.07, 6.45) is 6.27. The first kappa shape index (κ1) is 8.50. The summed E-state index contributed by atoms with van der Waals surface area (Å²) in [5.41, 5.74) is 0. The zero-order chi connectivity index (χ0) is 7.11. The van der Waals surface area contributed by atoms with Crippen molar-refractivity contribution in [3.8, 4) is 0 Å². The van der Waals surface area contributed by atoms with Crippen molar-refractivity contribution in [1.82, 2.24) is 0 Å². The molecule has 50 valence electrons. The molecule has 0 saturated carbocycles. The van der Waals surface area contributed by atoms with Gasteiger partial charge in [0.1, 0.15) is 6.67 Å². The molecule has 0 aromatic rings. The summed E-state index contributed by atoms with van der Waals surface area (Å²) in [5.74, 6) is 0. The minimum Gasteiger partial charge on any atom is -0.247 e. The third-order valence-electron chi connectivity index (χ3n) is 0.666. The molecule has 0 radical (unpaired) electrons. The highest BCUT2D eigenvalue weighted by atomic mass is 32.1. The van der Waals surface area contributed by atoms with E-state index in [1.54, 1.807) is 18.2 Å². The molecule has 0 aromatic heterocycles. The van der Waals surface area contributed by atoms with Crippen LogP contribution in [0.4, 0.5) is 4.39 Å². The fourth-order valence-electron chi connectivity index (χ4n) is 0.342. The summed E-state index contributed by atoms with van der Waals surface area (Å²) in [7, 11) is 0. The summed E-state index contributed by atoms with van der Waals surface area (Å²) >= 11 is 3.98. The van der Waals surface area contributed by atoms with Crippen LogP contribution in [0.25, 0.3) is 0 Å². The highest BCUT2D eigenvalue weighted by Crippen LogP contribution is 2.01. The Hall–Kier alpha value is -0.500. The zero-order valence-electron chi connectivity index (χ0n) is 5.05. The Morgan fingerprint density at radius 1 is 1.67 bits per heavy atom. The van der Waals surface area contributed by atoms with Crippen molar-refractivity contribution in [2.24, 2.45) is 0 Å². The molecule has 0 fully saturated rings. The fraction of sp³-hybridized carbons (Fsp3) is 0.143. The van der Waals surface area contributed by atoms with Crippen LogP contribution in [0.5, 0.6) is 0 Å². The average Bonchev–Trinajstić information content (AvgIpc) is 1.85. The summed E-state index contributed by atoms with van der Waals surface area (Å²) in [5, 5.41) is 0. The van der Waals surface area contributed by atoms with Crippen LogP contribution in [0.15, 0.2) is 35.8 Å². The first-order valence-corrected chi connectivity index (χ1v) is 3.00. The van der Waals surface area contributed by atoms with Gasteiger partial charge < -0.3 is 0 Å². The van der Waals surface area contributed by atoms with Gasteiger partial charge in [0, 0.05) is 4.91 Å². The largest absolute Gasteiger partial charge is 0.247 e. The molecule has 0 rings (SSSR count). The van der Waals surface area contributed by atoms with Crippen molar-refractivity contribution in [2.45, 2.75) is 0 Å². The molecule has 0 spiro atoms. The van der Waals surface area contributed by atoms with Gasteiger partial charge >= 0.3 is 0 Å². The summed E-state index contributed by atoms with van der Waals surface area (Å²) < 4.78 is 11.4. The monoisotopic (exact) mass is 144 g/mol. The van der Waals surface area contributed by atoms with Crippen LogP contribution in [0.1, 0.15) is 0 Å². The van der Waals surface area contributed by atoms with Gasteiger partial charge in [-0.3, -0.25) is 0 Å². The summed E-state index contributed by atoms with van der Waals surface area (Å²) in [6, 6.07) is 0. The Kier molecular flexibility index (Phi) is 5.32. The molecule has 9 heavy (non-hydrogen) atoms. The van der Waals surface area contributed by atoms with Crippen molar-refractivity contribution in [1.29, 1.82) is 0 Å². The maximum atomic E-state index is 11.4. The normalized spacial score (nSPS) is 12.4. The molecule has 0 aliphatic carbocycles. The number of thiol groups is 1. The van der Waals surface area contributed by atoms with Crippen LogP contribution in [0, 0.1) is 0 Å². The van der Waals surface area contributed by atoms with Crippen LogP contribution >= 0.6 is 12.6 Å². The maximum absolute atomic E-state index is 11.4. The van der Waals surface area contributed by atoms with Gasteiger partial charge in [-0.05, 0) is 6.08 Å². The smallest absolute Gasteiger partial charge is 0.108 e. The molecule has 0 heterocycles. The Morgan fingerprint density at radius 2 is 2.33 bits per heavy atom. The molecule has 0 aromatic carbocycles. The van der Waals surface area contributed by atoms with E-state index in [-0.39, 0.29) is 0 Å². The molecule has 0 atom stereocenters. The predicted molar refractivity (Wildman–Crippen MR) is 42.4 cm³/mol. The summed E-state index contributed by atoms with van der Waals surface area (Å²) in [4.78, 5) is 0.711. The Labute approximate surface area is 60.2 Å². The second kappa shape index (κ2) is 5.63. The molecule has 0 N–H and O–H groups in total. The maximum Gasteiger partial charge on any atom is 0.108 e. The van der Waals surface area contributed by atoms with Crippen LogP contribution in [0.2, 0.25) is 0 Å². The van der Waals surface area contributed by atoms with Crippen molar-refractivity contribution in [2.75, 3.05) is 6.67 Å². The van der Waals surface area contributed by atoms with E-state index in [1.165, 1.54) is 6.08 Å². The van der Waals surface area contributed by atoms with Gasteiger partial charge in [0.05, 0.1) is 0 Å². The van der Waals surface area contributed by atoms with Crippen molar-refractivity contribution >= 4 is 12.6 Å². The zero-order valence-corrected chi connectivity index (χ0v) is 5.94. The van der Waals surface area contributed by atoms with Crippen LogP contribution in [0.3, 0.4) is 0 Å². The molecule has 0 nitrogen and oxygen atoms in total. The van der Waals surface area contributed by atoms with Gasteiger partial charge in [-0.1, -0.05) is 24.8 Å². The van der Waals surface area contributed by atoms with Gasteiger partial charge in [-0.2, -0.15) is 0 Å². The Bertz CT molecular complexity index is 136. The fourth-order valence-corrected chi connectivity index (χ4v) is 0.552. The van der Waals surface area contributed by atoms with E-state index in [1.807, 2.05) is 0 Å². The van der Waals surface area contributed by atoms with Crippen molar-refractivity contribution in [3.05, 3.63) is 35.8 Å². The average molecular weight is 144 g/mol. The van der Waals surface area contributed by atoms with E-state index in [4.69, 9.17) is 0 Å². The molecular weight excluding hydrogens is 135 g/mol. The molecule has 0 aliphatic heterocycles. The Morgan fingerprint density at radius 3 is 2.78 bits per heavy atom. The lowest BCUT2D eigenvalue weighted by molar-refractivity contribution is 0.562. The first-order chi connectivity index (χ1) is 4.31. The predicted octanol–water partition coefficient (Wildman–Crippen LogP) is 2.51.